The van der Waals surface area contributed by atoms with Crippen molar-refractivity contribution in [2.75, 3.05) is 26.8 Å². The second-order valence-corrected chi connectivity index (χ2v) is 4.66. The number of carbonyl (C=O) groups is 2. The maximum atomic E-state index is 12.6. The standard InChI is InChI=1S/C15H19NO4/c1-3-16(10-14(17)19-2)15(18)12-8-9-20-13-7-5-4-6-11(12)13/h4-7,12H,3,8-10H2,1-2H3. The van der Waals surface area contributed by atoms with Crippen molar-refractivity contribution in [3.05, 3.63) is 29.8 Å². The van der Waals surface area contributed by atoms with Crippen molar-refractivity contribution >= 4 is 11.9 Å². The molecule has 1 heterocycles. The predicted molar refractivity (Wildman–Crippen MR) is 73.6 cm³/mol. The van der Waals surface area contributed by atoms with Crippen molar-refractivity contribution in [2.45, 2.75) is 19.3 Å². The zero-order valence-corrected chi connectivity index (χ0v) is 11.8. The van der Waals surface area contributed by atoms with Crippen LogP contribution >= 0.6 is 0 Å². The number of carbonyl (C=O) groups excluding carboxylic acids is 2. The minimum atomic E-state index is -0.402. The summed E-state index contributed by atoms with van der Waals surface area (Å²) >= 11 is 0. The first-order chi connectivity index (χ1) is 9.67. The van der Waals surface area contributed by atoms with Gasteiger partial charge < -0.3 is 14.4 Å². The van der Waals surface area contributed by atoms with Gasteiger partial charge in [0, 0.05) is 12.1 Å². The first-order valence-corrected chi connectivity index (χ1v) is 6.74. The Hall–Kier alpha value is -2.04. The molecule has 108 valence electrons. The van der Waals surface area contributed by atoms with Crippen LogP contribution in [0.5, 0.6) is 5.75 Å². The van der Waals surface area contributed by atoms with E-state index in [1.807, 2.05) is 31.2 Å². The maximum Gasteiger partial charge on any atom is 0.325 e. The Morgan fingerprint density at radius 3 is 2.85 bits per heavy atom. The van der Waals surface area contributed by atoms with E-state index in [1.165, 1.54) is 12.0 Å². The van der Waals surface area contributed by atoms with Crippen LogP contribution in [0.2, 0.25) is 0 Å². The zero-order chi connectivity index (χ0) is 14.5. The van der Waals surface area contributed by atoms with E-state index >= 15 is 0 Å². The molecular formula is C15H19NO4. The van der Waals surface area contributed by atoms with Gasteiger partial charge in [-0.15, -0.1) is 0 Å². The van der Waals surface area contributed by atoms with Crippen LogP contribution in [0, 0.1) is 0 Å². The number of para-hydroxylation sites is 1. The summed E-state index contributed by atoms with van der Waals surface area (Å²) in [5.74, 6) is 0.0602. The van der Waals surface area contributed by atoms with Crippen LogP contribution in [0.4, 0.5) is 0 Å². The van der Waals surface area contributed by atoms with Gasteiger partial charge in [-0.1, -0.05) is 18.2 Å². The van der Waals surface area contributed by atoms with E-state index in [0.717, 1.165) is 11.3 Å². The lowest BCUT2D eigenvalue weighted by atomic mass is 9.92. The van der Waals surface area contributed by atoms with Crippen LogP contribution in [0.3, 0.4) is 0 Å². The van der Waals surface area contributed by atoms with Crippen LogP contribution in [0.25, 0.3) is 0 Å². The van der Waals surface area contributed by atoms with Gasteiger partial charge in [0.2, 0.25) is 5.91 Å². The molecule has 1 atom stereocenters. The van der Waals surface area contributed by atoms with Crippen molar-refractivity contribution < 1.29 is 19.1 Å². The summed E-state index contributed by atoms with van der Waals surface area (Å²) in [7, 11) is 1.32. The average molecular weight is 277 g/mol. The topological polar surface area (TPSA) is 55.8 Å². The summed E-state index contributed by atoms with van der Waals surface area (Å²) in [5, 5.41) is 0. The minimum absolute atomic E-state index is 0.00857. The molecule has 1 aromatic carbocycles. The Bertz CT molecular complexity index is 500. The van der Waals surface area contributed by atoms with Crippen LogP contribution in [0.15, 0.2) is 24.3 Å². The molecule has 1 unspecified atom stereocenters. The summed E-state index contributed by atoms with van der Waals surface area (Å²) in [5.41, 5.74) is 0.895. The number of fused-ring (bicyclic) bond motifs is 1. The van der Waals surface area contributed by atoms with E-state index in [2.05, 4.69) is 4.74 Å². The number of hydrogen-bond donors (Lipinski definition) is 0. The predicted octanol–water partition coefficient (Wildman–Crippen LogP) is 1.57. The molecule has 0 saturated carbocycles. The molecule has 0 bridgehead atoms. The van der Waals surface area contributed by atoms with Crippen LogP contribution in [-0.2, 0) is 14.3 Å². The molecule has 0 fully saturated rings. The number of esters is 1. The van der Waals surface area contributed by atoms with Crippen molar-refractivity contribution in [3.8, 4) is 5.75 Å². The minimum Gasteiger partial charge on any atom is -0.493 e. The average Bonchev–Trinajstić information content (AvgIpc) is 2.51. The Balaban J connectivity index is 2.18. The number of methoxy groups -OCH3 is 1. The molecule has 20 heavy (non-hydrogen) atoms. The van der Waals surface area contributed by atoms with Gasteiger partial charge >= 0.3 is 5.97 Å². The largest absolute Gasteiger partial charge is 0.493 e. The fourth-order valence-electron chi connectivity index (χ4n) is 2.38. The molecule has 5 heteroatoms. The lowest BCUT2D eigenvalue weighted by Gasteiger charge is -2.29. The number of hydrogen-bond acceptors (Lipinski definition) is 4. The Morgan fingerprint density at radius 1 is 1.40 bits per heavy atom. The second kappa shape index (κ2) is 6.41. The third-order valence-corrected chi connectivity index (χ3v) is 3.50. The highest BCUT2D eigenvalue weighted by Gasteiger charge is 2.31. The molecule has 1 aliphatic heterocycles. The molecule has 1 aromatic rings. The molecule has 0 N–H and O–H groups in total. The van der Waals surface area contributed by atoms with Gasteiger partial charge in [-0.25, -0.2) is 0 Å². The molecule has 0 spiro atoms. The number of rotatable bonds is 4. The Kier molecular flexibility index (Phi) is 4.61. The fraction of sp³-hybridized carbons (Fsp3) is 0.467. The van der Waals surface area contributed by atoms with Gasteiger partial charge in [0.15, 0.2) is 0 Å². The van der Waals surface area contributed by atoms with E-state index < -0.39 is 5.97 Å². The third kappa shape index (κ3) is 2.92. The molecule has 1 aliphatic rings. The van der Waals surface area contributed by atoms with E-state index in [4.69, 9.17) is 4.74 Å². The molecule has 0 saturated heterocycles. The van der Waals surface area contributed by atoms with E-state index in [9.17, 15) is 9.59 Å². The van der Waals surface area contributed by atoms with Crippen LogP contribution in [0.1, 0.15) is 24.8 Å². The Labute approximate surface area is 118 Å². The SMILES string of the molecule is CCN(CC(=O)OC)C(=O)C1CCOc2ccccc21. The smallest absolute Gasteiger partial charge is 0.325 e. The normalized spacial score (nSPS) is 16.8. The summed E-state index contributed by atoms with van der Waals surface area (Å²) in [6.07, 6.45) is 0.632. The van der Waals surface area contributed by atoms with Crippen LogP contribution < -0.4 is 4.74 Å². The van der Waals surface area contributed by atoms with Crippen molar-refractivity contribution in [1.29, 1.82) is 0 Å². The summed E-state index contributed by atoms with van der Waals surface area (Å²) in [4.78, 5) is 25.5. The molecular weight excluding hydrogens is 258 g/mol. The van der Waals surface area contributed by atoms with Crippen molar-refractivity contribution in [1.82, 2.24) is 4.90 Å². The number of nitrogens with zero attached hydrogens (tertiary/aromatic N) is 1. The zero-order valence-electron chi connectivity index (χ0n) is 11.8. The summed E-state index contributed by atoms with van der Waals surface area (Å²) in [6, 6.07) is 7.55. The maximum absolute atomic E-state index is 12.6. The number of likely N-dealkylation sites (N-methyl/N-ethyl adjacent to an activating group) is 1. The van der Waals surface area contributed by atoms with Gasteiger partial charge in [0.1, 0.15) is 12.3 Å². The van der Waals surface area contributed by atoms with Gasteiger partial charge in [0.25, 0.3) is 0 Å². The van der Waals surface area contributed by atoms with E-state index in [0.29, 0.717) is 19.6 Å². The van der Waals surface area contributed by atoms with Gasteiger partial charge in [-0.2, -0.15) is 0 Å². The first-order valence-electron chi connectivity index (χ1n) is 6.74. The molecule has 0 aromatic heterocycles. The molecule has 5 nitrogen and oxygen atoms in total. The highest BCUT2D eigenvalue weighted by molar-refractivity contribution is 5.87. The van der Waals surface area contributed by atoms with Crippen molar-refractivity contribution in [3.63, 3.8) is 0 Å². The van der Waals surface area contributed by atoms with E-state index in [1.54, 1.807) is 0 Å². The van der Waals surface area contributed by atoms with E-state index in [-0.39, 0.29) is 18.4 Å². The summed E-state index contributed by atoms with van der Waals surface area (Å²) < 4.78 is 10.2. The van der Waals surface area contributed by atoms with Crippen LogP contribution in [-0.4, -0.2) is 43.6 Å². The highest BCUT2D eigenvalue weighted by atomic mass is 16.5. The molecule has 0 radical (unpaired) electrons. The first kappa shape index (κ1) is 14.4. The molecule has 0 aliphatic carbocycles. The molecule has 1 amide bonds. The second-order valence-electron chi connectivity index (χ2n) is 4.66. The van der Waals surface area contributed by atoms with Gasteiger partial charge in [-0.3, -0.25) is 9.59 Å². The number of benzene rings is 1. The lowest BCUT2D eigenvalue weighted by Crippen LogP contribution is -2.40. The van der Waals surface area contributed by atoms with Gasteiger partial charge in [0.05, 0.1) is 19.6 Å². The number of ether oxygens (including phenoxy) is 2. The third-order valence-electron chi connectivity index (χ3n) is 3.50. The lowest BCUT2D eigenvalue weighted by molar-refractivity contribution is -0.147. The van der Waals surface area contributed by atoms with Crippen molar-refractivity contribution in [2.24, 2.45) is 0 Å². The fourth-order valence-corrected chi connectivity index (χ4v) is 2.38. The monoisotopic (exact) mass is 277 g/mol. The quantitative estimate of drug-likeness (QED) is 0.784. The van der Waals surface area contributed by atoms with Gasteiger partial charge in [-0.05, 0) is 19.4 Å². The Morgan fingerprint density at radius 2 is 2.15 bits per heavy atom. The molecule has 2 rings (SSSR count). The number of amides is 1. The summed E-state index contributed by atoms with van der Waals surface area (Å²) in [6.45, 7) is 2.84. The highest BCUT2D eigenvalue weighted by Crippen LogP contribution is 2.34.